The third kappa shape index (κ3) is 3.26. The third-order valence-electron chi connectivity index (χ3n) is 1.05. The maximum atomic E-state index is 12.5. The second-order valence-corrected chi connectivity index (χ2v) is 1.95. The van der Waals surface area contributed by atoms with Gasteiger partial charge in [-0.05, 0) is 12.5 Å². The number of allylic oxidation sites excluding steroid dienone is 1. The average molecular weight is 142 g/mol. The molecule has 10 heavy (non-hydrogen) atoms. The monoisotopic (exact) mass is 142 g/mol. The molecule has 0 aromatic rings. The van der Waals surface area contributed by atoms with Gasteiger partial charge in [-0.25, -0.2) is 4.39 Å². The Morgan fingerprint density at radius 1 is 1.90 bits per heavy atom. The highest BCUT2D eigenvalue weighted by molar-refractivity contribution is 5.12. The fraction of sp³-hybridized carbons (Fsp3) is 0.500. The van der Waals surface area contributed by atoms with Gasteiger partial charge >= 0.3 is 0 Å². The second kappa shape index (κ2) is 5.01. The number of hydrogen-bond donors (Lipinski definition) is 1. The number of halogens is 1. The Balaban J connectivity index is 3.82. The van der Waals surface area contributed by atoms with E-state index in [2.05, 4.69) is 0 Å². The fourth-order valence-corrected chi connectivity index (χ4v) is 0.473. The number of aliphatic hydroxyl groups excluding tert-OH is 1. The van der Waals surface area contributed by atoms with E-state index in [9.17, 15) is 4.39 Å². The smallest absolute Gasteiger partial charge is 0.165 e. The van der Waals surface area contributed by atoms with E-state index in [0.717, 1.165) is 6.42 Å². The summed E-state index contributed by atoms with van der Waals surface area (Å²) in [5.41, 5.74) is 0. The molecule has 0 spiro atoms. The molecule has 0 heterocycles. The molecule has 0 saturated heterocycles. The predicted octanol–water partition coefficient (Wildman–Crippen LogP) is 1.63. The van der Waals surface area contributed by atoms with Gasteiger partial charge in [-0.15, -0.1) is 6.42 Å². The van der Waals surface area contributed by atoms with E-state index in [1.54, 1.807) is 0 Å². The third-order valence-corrected chi connectivity index (χ3v) is 1.05. The first-order valence-electron chi connectivity index (χ1n) is 3.22. The van der Waals surface area contributed by atoms with Crippen molar-refractivity contribution in [3.8, 4) is 12.3 Å². The SMILES string of the molecule is C#CC(O)C(F)=CCCC. The normalized spacial score (nSPS) is 14.4. The molecule has 0 saturated carbocycles. The van der Waals surface area contributed by atoms with Crippen LogP contribution in [0.25, 0.3) is 0 Å². The molecule has 1 atom stereocenters. The van der Waals surface area contributed by atoms with Crippen LogP contribution in [0.3, 0.4) is 0 Å². The van der Waals surface area contributed by atoms with Gasteiger partial charge in [0.2, 0.25) is 0 Å². The minimum absolute atomic E-state index is 0.616. The maximum absolute atomic E-state index is 12.5. The van der Waals surface area contributed by atoms with Crippen LogP contribution in [0.2, 0.25) is 0 Å². The fourth-order valence-electron chi connectivity index (χ4n) is 0.473. The highest BCUT2D eigenvalue weighted by Crippen LogP contribution is 2.04. The Bertz CT molecular complexity index is 155. The van der Waals surface area contributed by atoms with Gasteiger partial charge < -0.3 is 5.11 Å². The van der Waals surface area contributed by atoms with Crippen LogP contribution in [0, 0.1) is 12.3 Å². The van der Waals surface area contributed by atoms with Crippen molar-refractivity contribution in [3.05, 3.63) is 11.9 Å². The van der Waals surface area contributed by atoms with Crippen molar-refractivity contribution in [2.45, 2.75) is 25.9 Å². The van der Waals surface area contributed by atoms with E-state index in [1.165, 1.54) is 6.08 Å². The van der Waals surface area contributed by atoms with Crippen molar-refractivity contribution in [2.24, 2.45) is 0 Å². The maximum Gasteiger partial charge on any atom is 0.165 e. The van der Waals surface area contributed by atoms with Gasteiger partial charge in [-0.3, -0.25) is 0 Å². The highest BCUT2D eigenvalue weighted by atomic mass is 19.1. The second-order valence-electron chi connectivity index (χ2n) is 1.95. The summed E-state index contributed by atoms with van der Waals surface area (Å²) in [6.07, 6.45) is 6.19. The highest BCUT2D eigenvalue weighted by Gasteiger charge is 2.03. The molecular weight excluding hydrogens is 131 g/mol. The summed E-state index contributed by atoms with van der Waals surface area (Å²) in [5.74, 6) is 1.26. The van der Waals surface area contributed by atoms with Crippen LogP contribution in [0.5, 0.6) is 0 Å². The standard InChI is InChI=1S/C8H11FO/c1-3-5-6-7(9)8(10)4-2/h2,6,8,10H,3,5H2,1H3. The van der Waals surface area contributed by atoms with E-state index in [0.29, 0.717) is 6.42 Å². The molecule has 1 nitrogen and oxygen atoms in total. The molecule has 0 aliphatic carbocycles. The van der Waals surface area contributed by atoms with Gasteiger partial charge in [0.15, 0.2) is 6.10 Å². The number of terminal acetylenes is 1. The van der Waals surface area contributed by atoms with Crippen molar-refractivity contribution < 1.29 is 9.50 Å². The quantitative estimate of drug-likeness (QED) is 0.594. The zero-order valence-corrected chi connectivity index (χ0v) is 5.97. The molecule has 1 N–H and O–H groups in total. The first-order valence-corrected chi connectivity index (χ1v) is 3.22. The van der Waals surface area contributed by atoms with Gasteiger partial charge in [0.05, 0.1) is 0 Å². The molecule has 0 amide bonds. The Hall–Kier alpha value is -0.810. The van der Waals surface area contributed by atoms with E-state index in [4.69, 9.17) is 11.5 Å². The summed E-state index contributed by atoms with van der Waals surface area (Å²) in [7, 11) is 0. The van der Waals surface area contributed by atoms with Gasteiger partial charge in [0, 0.05) is 0 Å². The lowest BCUT2D eigenvalue weighted by Crippen LogP contribution is -2.02. The molecule has 0 rings (SSSR count). The summed E-state index contributed by atoms with van der Waals surface area (Å²) in [4.78, 5) is 0. The van der Waals surface area contributed by atoms with E-state index >= 15 is 0 Å². The molecule has 2 heteroatoms. The van der Waals surface area contributed by atoms with Crippen LogP contribution in [-0.2, 0) is 0 Å². The Labute approximate surface area is 60.6 Å². The molecule has 56 valence electrons. The van der Waals surface area contributed by atoms with Crippen LogP contribution >= 0.6 is 0 Å². The summed E-state index contributed by atoms with van der Waals surface area (Å²) in [5, 5.41) is 8.67. The molecule has 0 fully saturated rings. The van der Waals surface area contributed by atoms with Crippen molar-refractivity contribution in [2.75, 3.05) is 0 Å². The first-order chi connectivity index (χ1) is 4.72. The first kappa shape index (κ1) is 9.19. The molecule has 0 aromatic heterocycles. The molecule has 0 aliphatic heterocycles. The molecule has 1 unspecified atom stereocenters. The minimum atomic E-state index is -1.36. The number of hydrogen-bond acceptors (Lipinski definition) is 1. The molecule has 0 aromatic carbocycles. The van der Waals surface area contributed by atoms with E-state index in [1.807, 2.05) is 12.8 Å². The van der Waals surface area contributed by atoms with Gasteiger partial charge in [0.25, 0.3) is 0 Å². The lowest BCUT2D eigenvalue weighted by molar-refractivity contribution is 0.236. The van der Waals surface area contributed by atoms with Crippen LogP contribution in [0.1, 0.15) is 19.8 Å². The van der Waals surface area contributed by atoms with Gasteiger partial charge in [-0.1, -0.05) is 19.3 Å². The zero-order valence-electron chi connectivity index (χ0n) is 5.97. The lowest BCUT2D eigenvalue weighted by atomic mass is 10.2. The van der Waals surface area contributed by atoms with Crippen LogP contribution in [0.15, 0.2) is 11.9 Å². The van der Waals surface area contributed by atoms with Crippen LogP contribution in [-0.4, -0.2) is 11.2 Å². The number of unbranched alkanes of at least 4 members (excludes halogenated alkanes) is 1. The van der Waals surface area contributed by atoms with Crippen LogP contribution < -0.4 is 0 Å². The van der Waals surface area contributed by atoms with Crippen molar-refractivity contribution in [1.29, 1.82) is 0 Å². The lowest BCUT2D eigenvalue weighted by Gasteiger charge is -1.97. The Morgan fingerprint density at radius 3 is 2.90 bits per heavy atom. The van der Waals surface area contributed by atoms with E-state index < -0.39 is 11.9 Å². The summed E-state index contributed by atoms with van der Waals surface area (Å²) >= 11 is 0. The molecule has 0 radical (unpaired) electrons. The van der Waals surface area contributed by atoms with Crippen molar-refractivity contribution in [1.82, 2.24) is 0 Å². The number of aliphatic hydroxyl groups is 1. The molecular formula is C8H11FO. The minimum Gasteiger partial charge on any atom is -0.374 e. The van der Waals surface area contributed by atoms with Gasteiger partial charge in [-0.2, -0.15) is 0 Å². The largest absolute Gasteiger partial charge is 0.374 e. The molecule has 0 bridgehead atoms. The Morgan fingerprint density at radius 2 is 2.50 bits per heavy atom. The average Bonchev–Trinajstić information content (AvgIpc) is 1.98. The van der Waals surface area contributed by atoms with Crippen LogP contribution in [0.4, 0.5) is 4.39 Å². The topological polar surface area (TPSA) is 20.2 Å². The predicted molar refractivity (Wildman–Crippen MR) is 38.9 cm³/mol. The molecule has 0 aliphatic rings. The Kier molecular flexibility index (Phi) is 4.61. The summed E-state index contributed by atoms with van der Waals surface area (Å²) in [6.45, 7) is 1.92. The summed E-state index contributed by atoms with van der Waals surface area (Å²) in [6, 6.07) is 0. The summed E-state index contributed by atoms with van der Waals surface area (Å²) < 4.78 is 12.5. The van der Waals surface area contributed by atoms with Gasteiger partial charge in [0.1, 0.15) is 5.83 Å². The zero-order chi connectivity index (χ0) is 7.98. The van der Waals surface area contributed by atoms with E-state index in [-0.39, 0.29) is 0 Å². The van der Waals surface area contributed by atoms with Crippen molar-refractivity contribution in [3.63, 3.8) is 0 Å². The van der Waals surface area contributed by atoms with Crippen molar-refractivity contribution >= 4 is 0 Å². The number of rotatable bonds is 3.